The number of hydrogen-bond acceptors (Lipinski definition) is 4. The first-order chi connectivity index (χ1) is 11.5. The van der Waals surface area contributed by atoms with Crippen molar-refractivity contribution in [3.05, 3.63) is 54.1 Å². The molecule has 3 rings (SSSR count). The average molecular weight is 336 g/mol. The van der Waals surface area contributed by atoms with E-state index < -0.39 is 24.9 Å². The highest BCUT2D eigenvalue weighted by Crippen LogP contribution is 2.28. The molecule has 5 nitrogen and oxygen atoms in total. The fourth-order valence-corrected chi connectivity index (χ4v) is 2.33. The molecule has 0 radical (unpaired) electrons. The van der Waals surface area contributed by atoms with Gasteiger partial charge in [-0.05, 0) is 31.2 Å². The van der Waals surface area contributed by atoms with Crippen molar-refractivity contribution in [2.45, 2.75) is 19.4 Å². The van der Waals surface area contributed by atoms with Crippen molar-refractivity contribution in [1.29, 1.82) is 0 Å². The van der Waals surface area contributed by atoms with Gasteiger partial charge in [-0.2, -0.15) is 5.10 Å². The van der Waals surface area contributed by atoms with Crippen molar-refractivity contribution in [2.24, 2.45) is 0 Å². The molecule has 0 amide bonds. The number of fused-ring (bicyclic) bond motifs is 1. The van der Waals surface area contributed by atoms with Gasteiger partial charge < -0.3 is 10.1 Å². The maximum atomic E-state index is 13.6. The van der Waals surface area contributed by atoms with E-state index in [0.29, 0.717) is 17.0 Å². The maximum Gasteiger partial charge on any atom is 0.272 e. The molecule has 0 saturated carbocycles. The summed E-state index contributed by atoms with van der Waals surface area (Å²) in [5, 5.41) is 7.16. The Balaban J connectivity index is 1.82. The molecule has 0 spiro atoms. The summed E-state index contributed by atoms with van der Waals surface area (Å²) in [5.41, 5.74) is 1.09. The number of hydrogen-bond donors (Lipinski definition) is 1. The molecule has 0 fully saturated rings. The van der Waals surface area contributed by atoms with E-state index in [-0.39, 0.29) is 5.75 Å². The molecular formula is C16H15F3N4O. The lowest BCUT2D eigenvalue weighted by atomic mass is 10.1. The van der Waals surface area contributed by atoms with Gasteiger partial charge in [-0.3, -0.25) is 0 Å². The summed E-state index contributed by atoms with van der Waals surface area (Å²) in [7, 11) is 0. The summed E-state index contributed by atoms with van der Waals surface area (Å²) >= 11 is 0. The summed E-state index contributed by atoms with van der Waals surface area (Å²) in [4.78, 5) is 4.36. The van der Waals surface area contributed by atoms with E-state index in [9.17, 15) is 13.2 Å². The summed E-state index contributed by atoms with van der Waals surface area (Å²) in [6, 6.07) is 6.85. The van der Waals surface area contributed by atoms with E-state index in [1.54, 1.807) is 36.0 Å². The second kappa shape index (κ2) is 6.77. The zero-order chi connectivity index (χ0) is 17.1. The van der Waals surface area contributed by atoms with Crippen LogP contribution in [0.2, 0.25) is 0 Å². The van der Waals surface area contributed by atoms with Gasteiger partial charge >= 0.3 is 0 Å². The van der Waals surface area contributed by atoms with E-state index in [2.05, 4.69) is 15.4 Å². The number of anilines is 1. The molecular weight excluding hydrogens is 321 g/mol. The highest BCUT2D eigenvalue weighted by atomic mass is 19.3. The Hall–Kier alpha value is -2.77. The summed E-state index contributed by atoms with van der Waals surface area (Å²) in [5.74, 6) is 0.295. The molecule has 0 aliphatic heterocycles. The van der Waals surface area contributed by atoms with Crippen molar-refractivity contribution in [3.8, 4) is 5.75 Å². The topological polar surface area (TPSA) is 51.5 Å². The molecule has 0 bridgehead atoms. The highest BCUT2D eigenvalue weighted by molar-refractivity contribution is 5.48. The smallest absolute Gasteiger partial charge is 0.272 e. The molecule has 126 valence electrons. The average Bonchev–Trinajstić information content (AvgIpc) is 3.01. The molecule has 24 heavy (non-hydrogen) atoms. The third kappa shape index (κ3) is 3.58. The van der Waals surface area contributed by atoms with E-state index >= 15 is 0 Å². The molecule has 0 aliphatic carbocycles. The summed E-state index contributed by atoms with van der Waals surface area (Å²) in [6.45, 7) is 1.03. The molecule has 8 heteroatoms. The van der Waals surface area contributed by atoms with Gasteiger partial charge in [-0.15, -0.1) is 0 Å². The van der Waals surface area contributed by atoms with Crippen molar-refractivity contribution in [2.75, 3.05) is 11.9 Å². The minimum Gasteiger partial charge on any atom is -0.487 e. The van der Waals surface area contributed by atoms with Crippen LogP contribution in [0, 0.1) is 5.82 Å². The van der Waals surface area contributed by atoms with Gasteiger partial charge in [-0.25, -0.2) is 22.7 Å². The van der Waals surface area contributed by atoms with Crippen molar-refractivity contribution >= 4 is 11.5 Å². The van der Waals surface area contributed by atoms with Crippen LogP contribution >= 0.6 is 0 Å². The monoisotopic (exact) mass is 336 g/mol. The SMILES string of the molecule is C[C@@H](Nc1ccn2nccc2n1)c1cc(F)ccc1OCC(F)F. The molecule has 0 saturated heterocycles. The molecule has 2 aromatic heterocycles. The zero-order valence-electron chi connectivity index (χ0n) is 12.8. The Morgan fingerprint density at radius 1 is 1.25 bits per heavy atom. The first-order valence-corrected chi connectivity index (χ1v) is 7.30. The van der Waals surface area contributed by atoms with Gasteiger partial charge in [-0.1, -0.05) is 0 Å². The number of benzene rings is 1. The van der Waals surface area contributed by atoms with Gasteiger partial charge in [0, 0.05) is 17.8 Å². The molecule has 0 unspecified atom stereocenters. The van der Waals surface area contributed by atoms with Crippen LogP contribution in [0.4, 0.5) is 19.0 Å². The van der Waals surface area contributed by atoms with Crippen LogP contribution in [0.15, 0.2) is 42.7 Å². The first kappa shape index (κ1) is 16.1. The molecule has 0 aliphatic rings. The Labute approximate surface area is 136 Å². The summed E-state index contributed by atoms with van der Waals surface area (Å²) < 4.78 is 45.0. The highest BCUT2D eigenvalue weighted by Gasteiger charge is 2.15. The lowest BCUT2D eigenvalue weighted by Gasteiger charge is -2.19. The molecule has 1 aromatic carbocycles. The lowest BCUT2D eigenvalue weighted by molar-refractivity contribution is 0.0813. The standard InChI is InChI=1S/C16H15F3N4O/c1-10(21-15-5-7-23-16(22-15)4-6-20-23)12-8-11(17)2-3-13(12)24-9-14(18)19/h2-8,10,14H,9H2,1H3,(H,21,22)/t10-/m1/s1. The van der Waals surface area contributed by atoms with Crippen LogP contribution in [0.5, 0.6) is 5.75 Å². The number of rotatable bonds is 6. The summed E-state index contributed by atoms with van der Waals surface area (Å²) in [6.07, 6.45) is 0.757. The van der Waals surface area contributed by atoms with Gasteiger partial charge in [0.05, 0.1) is 12.2 Å². The zero-order valence-corrected chi connectivity index (χ0v) is 12.8. The number of nitrogens with one attached hydrogen (secondary N) is 1. The number of halogens is 3. The number of aromatic nitrogens is 3. The second-order valence-electron chi connectivity index (χ2n) is 5.20. The lowest BCUT2D eigenvalue weighted by Crippen LogP contribution is -2.13. The van der Waals surface area contributed by atoms with E-state index in [4.69, 9.17) is 4.74 Å². The van der Waals surface area contributed by atoms with Crippen molar-refractivity contribution in [3.63, 3.8) is 0 Å². The molecule has 2 heterocycles. The molecule has 3 aromatic rings. The minimum atomic E-state index is -2.60. The number of ether oxygens (including phenoxy) is 1. The van der Waals surface area contributed by atoms with Crippen LogP contribution in [-0.2, 0) is 0 Å². The van der Waals surface area contributed by atoms with E-state index in [0.717, 1.165) is 0 Å². The number of alkyl halides is 2. The predicted molar refractivity (Wildman–Crippen MR) is 82.9 cm³/mol. The minimum absolute atomic E-state index is 0.210. The second-order valence-corrected chi connectivity index (χ2v) is 5.20. The Morgan fingerprint density at radius 3 is 2.88 bits per heavy atom. The van der Waals surface area contributed by atoms with Crippen LogP contribution in [0.3, 0.4) is 0 Å². The fourth-order valence-electron chi connectivity index (χ4n) is 2.33. The maximum absolute atomic E-state index is 13.6. The Kier molecular flexibility index (Phi) is 4.54. The van der Waals surface area contributed by atoms with Crippen LogP contribution < -0.4 is 10.1 Å². The van der Waals surface area contributed by atoms with Gasteiger partial charge in [0.25, 0.3) is 6.43 Å². The van der Waals surface area contributed by atoms with Gasteiger partial charge in [0.2, 0.25) is 0 Å². The quantitative estimate of drug-likeness (QED) is 0.746. The van der Waals surface area contributed by atoms with Crippen LogP contribution in [0.1, 0.15) is 18.5 Å². The third-order valence-electron chi connectivity index (χ3n) is 3.43. The van der Waals surface area contributed by atoms with E-state index in [1.807, 2.05) is 0 Å². The van der Waals surface area contributed by atoms with Crippen molar-refractivity contribution in [1.82, 2.24) is 14.6 Å². The largest absolute Gasteiger partial charge is 0.487 e. The third-order valence-corrected chi connectivity index (χ3v) is 3.43. The van der Waals surface area contributed by atoms with Gasteiger partial charge in [0.1, 0.15) is 24.0 Å². The Bertz CT molecular complexity index is 837. The van der Waals surface area contributed by atoms with Crippen LogP contribution in [-0.4, -0.2) is 27.6 Å². The molecule has 1 N–H and O–H groups in total. The molecule has 1 atom stereocenters. The first-order valence-electron chi connectivity index (χ1n) is 7.30. The van der Waals surface area contributed by atoms with E-state index in [1.165, 1.54) is 18.2 Å². The van der Waals surface area contributed by atoms with Crippen LogP contribution in [0.25, 0.3) is 5.65 Å². The Morgan fingerprint density at radius 2 is 2.08 bits per heavy atom. The van der Waals surface area contributed by atoms with Gasteiger partial charge in [0.15, 0.2) is 5.65 Å². The normalized spacial score (nSPS) is 12.5. The van der Waals surface area contributed by atoms with Crippen molar-refractivity contribution < 1.29 is 17.9 Å². The fraction of sp³-hybridized carbons (Fsp3) is 0.250. The number of nitrogens with zero attached hydrogens (tertiary/aromatic N) is 3. The predicted octanol–water partition coefficient (Wildman–Crippen LogP) is 3.69.